The molecule has 0 saturated heterocycles. The highest BCUT2D eigenvalue weighted by molar-refractivity contribution is 5.95. The summed E-state index contributed by atoms with van der Waals surface area (Å²) in [4.78, 5) is 21.5. The van der Waals surface area contributed by atoms with E-state index in [9.17, 15) is 4.79 Å². The minimum absolute atomic E-state index is 0.0848. The van der Waals surface area contributed by atoms with Crippen LogP contribution in [0, 0.1) is 13.8 Å². The molecule has 0 bridgehead atoms. The molecule has 3 aromatic carbocycles. The Morgan fingerprint density at radius 2 is 1.62 bits per heavy atom. The van der Waals surface area contributed by atoms with Crippen LogP contribution in [0.1, 0.15) is 40.0 Å². The molecule has 0 aliphatic rings. The Hall–Kier alpha value is -3.99. The molecule has 0 fully saturated rings. The topological polar surface area (TPSA) is 66.9 Å². The van der Waals surface area contributed by atoms with Crippen LogP contribution in [-0.4, -0.2) is 15.9 Å². The van der Waals surface area contributed by atoms with Crippen molar-refractivity contribution in [3.05, 3.63) is 107 Å². The fourth-order valence-electron chi connectivity index (χ4n) is 3.49. The summed E-state index contributed by atoms with van der Waals surface area (Å²) < 4.78 is 0. The number of benzene rings is 3. The first-order valence-electron chi connectivity index (χ1n) is 10.6. The summed E-state index contributed by atoms with van der Waals surface area (Å²) in [5.74, 6) is 0.548. The van der Waals surface area contributed by atoms with E-state index >= 15 is 0 Å². The zero-order valence-electron chi connectivity index (χ0n) is 18.5. The van der Waals surface area contributed by atoms with E-state index in [4.69, 9.17) is 0 Å². The number of hydrogen-bond donors (Lipinski definition) is 2. The predicted octanol–water partition coefficient (Wildman–Crippen LogP) is 6.00. The smallest absolute Gasteiger partial charge is 0.251 e. The number of rotatable bonds is 6. The number of aromatic nitrogens is 2. The molecule has 1 atom stereocenters. The molecule has 1 heterocycles. The van der Waals surface area contributed by atoms with Crippen molar-refractivity contribution in [1.29, 1.82) is 0 Å². The first kappa shape index (κ1) is 21.2. The van der Waals surface area contributed by atoms with Crippen LogP contribution < -0.4 is 10.6 Å². The summed E-state index contributed by atoms with van der Waals surface area (Å²) in [6.07, 6.45) is 1.54. The zero-order chi connectivity index (χ0) is 22.5. The molecule has 4 aromatic rings. The van der Waals surface area contributed by atoms with Crippen molar-refractivity contribution in [3.8, 4) is 11.3 Å². The van der Waals surface area contributed by atoms with Gasteiger partial charge in [-0.2, -0.15) is 0 Å². The van der Waals surface area contributed by atoms with E-state index in [2.05, 4.69) is 51.8 Å². The van der Waals surface area contributed by atoms with Crippen molar-refractivity contribution in [3.63, 3.8) is 0 Å². The van der Waals surface area contributed by atoms with Crippen LogP contribution in [0.3, 0.4) is 0 Å². The molecule has 0 radical (unpaired) electrons. The van der Waals surface area contributed by atoms with E-state index in [1.807, 2.05) is 62.4 Å². The molecule has 5 nitrogen and oxygen atoms in total. The van der Waals surface area contributed by atoms with Crippen LogP contribution in [-0.2, 0) is 0 Å². The van der Waals surface area contributed by atoms with Crippen molar-refractivity contribution in [1.82, 2.24) is 15.3 Å². The molecule has 1 aromatic heterocycles. The zero-order valence-corrected chi connectivity index (χ0v) is 18.5. The highest BCUT2D eigenvalue weighted by atomic mass is 16.1. The Balaban J connectivity index is 1.48. The second kappa shape index (κ2) is 9.43. The van der Waals surface area contributed by atoms with Gasteiger partial charge in [0.2, 0.25) is 0 Å². The summed E-state index contributed by atoms with van der Waals surface area (Å²) in [5, 5.41) is 6.35. The molecule has 160 valence electrons. The lowest BCUT2D eigenvalue weighted by atomic mass is 10.1. The van der Waals surface area contributed by atoms with Gasteiger partial charge in [0, 0.05) is 22.9 Å². The molecule has 0 spiro atoms. The third-order valence-electron chi connectivity index (χ3n) is 5.30. The fraction of sp³-hybridized carbons (Fsp3) is 0.148. The van der Waals surface area contributed by atoms with Crippen LogP contribution in [0.25, 0.3) is 11.3 Å². The molecule has 0 unspecified atom stereocenters. The maximum absolute atomic E-state index is 12.8. The maximum Gasteiger partial charge on any atom is 0.251 e. The van der Waals surface area contributed by atoms with Gasteiger partial charge >= 0.3 is 0 Å². The highest BCUT2D eigenvalue weighted by Crippen LogP contribution is 2.23. The van der Waals surface area contributed by atoms with Gasteiger partial charge in [-0.25, -0.2) is 9.97 Å². The fourth-order valence-corrected chi connectivity index (χ4v) is 3.49. The molecule has 2 N–H and O–H groups in total. The average molecular weight is 423 g/mol. The first-order valence-corrected chi connectivity index (χ1v) is 10.6. The van der Waals surface area contributed by atoms with Gasteiger partial charge in [0.05, 0.1) is 11.7 Å². The third kappa shape index (κ3) is 5.19. The summed E-state index contributed by atoms with van der Waals surface area (Å²) >= 11 is 0. The molecule has 4 rings (SSSR count). The minimum atomic E-state index is -0.120. The summed E-state index contributed by atoms with van der Waals surface area (Å²) in [6, 6.07) is 25.6. The van der Waals surface area contributed by atoms with E-state index in [0.717, 1.165) is 22.5 Å². The van der Waals surface area contributed by atoms with Gasteiger partial charge in [-0.15, -0.1) is 0 Å². The number of nitrogens with zero attached hydrogens (tertiary/aromatic N) is 2. The van der Waals surface area contributed by atoms with E-state index in [1.165, 1.54) is 11.1 Å². The van der Waals surface area contributed by atoms with Crippen molar-refractivity contribution < 1.29 is 4.79 Å². The van der Waals surface area contributed by atoms with Gasteiger partial charge in [-0.3, -0.25) is 4.79 Å². The molecule has 0 aliphatic heterocycles. The van der Waals surface area contributed by atoms with E-state index < -0.39 is 0 Å². The molecule has 5 heteroatoms. The normalized spacial score (nSPS) is 11.6. The maximum atomic E-state index is 12.8. The van der Waals surface area contributed by atoms with Gasteiger partial charge in [0.1, 0.15) is 12.1 Å². The van der Waals surface area contributed by atoms with Crippen LogP contribution in [0.5, 0.6) is 0 Å². The quantitative estimate of drug-likeness (QED) is 0.400. The van der Waals surface area contributed by atoms with Crippen molar-refractivity contribution in [2.75, 3.05) is 5.32 Å². The third-order valence-corrected chi connectivity index (χ3v) is 5.30. The number of carbonyl (C=O) groups excluding carboxylic acids is 1. The van der Waals surface area contributed by atoms with Gasteiger partial charge < -0.3 is 10.6 Å². The van der Waals surface area contributed by atoms with Gasteiger partial charge in [0.25, 0.3) is 5.91 Å². The molecule has 0 saturated carbocycles. The Bertz CT molecular complexity index is 1230. The van der Waals surface area contributed by atoms with Crippen molar-refractivity contribution >= 4 is 17.4 Å². The lowest BCUT2D eigenvalue weighted by Crippen LogP contribution is -2.26. The number of nitrogens with one attached hydrogen (secondary N) is 2. The first-order chi connectivity index (χ1) is 15.5. The lowest BCUT2D eigenvalue weighted by molar-refractivity contribution is 0.0940. The van der Waals surface area contributed by atoms with E-state index in [0.29, 0.717) is 11.4 Å². The standard InChI is InChI=1S/C27H26N4O/c1-18-10-12-21(13-11-18)20(3)30-27(32)23-8-5-9-24(15-23)31-26-16-25(28-17-29-26)22-7-4-6-19(2)14-22/h4-17,20H,1-3H3,(H,30,32)(H,28,29,31)/t20-/m1/s1. The van der Waals surface area contributed by atoms with Crippen LogP contribution in [0.4, 0.5) is 11.5 Å². The van der Waals surface area contributed by atoms with Crippen molar-refractivity contribution in [2.45, 2.75) is 26.8 Å². The predicted molar refractivity (Wildman–Crippen MR) is 129 cm³/mol. The largest absolute Gasteiger partial charge is 0.346 e. The van der Waals surface area contributed by atoms with Crippen LogP contribution >= 0.6 is 0 Å². The second-order valence-electron chi connectivity index (χ2n) is 7.97. The van der Waals surface area contributed by atoms with Crippen molar-refractivity contribution in [2.24, 2.45) is 0 Å². The Morgan fingerprint density at radius 3 is 2.41 bits per heavy atom. The minimum Gasteiger partial charge on any atom is -0.346 e. The van der Waals surface area contributed by atoms with Gasteiger partial charge in [0.15, 0.2) is 0 Å². The molecule has 1 amide bonds. The average Bonchev–Trinajstić information content (AvgIpc) is 2.80. The number of carbonyl (C=O) groups is 1. The number of amides is 1. The highest BCUT2D eigenvalue weighted by Gasteiger charge is 2.12. The summed E-state index contributed by atoms with van der Waals surface area (Å²) in [5.41, 5.74) is 6.69. The number of anilines is 2. The summed E-state index contributed by atoms with van der Waals surface area (Å²) in [6.45, 7) is 6.09. The van der Waals surface area contributed by atoms with Crippen LogP contribution in [0.2, 0.25) is 0 Å². The SMILES string of the molecule is Cc1ccc([C@@H](C)NC(=O)c2cccc(Nc3cc(-c4cccc(C)c4)ncn3)c2)cc1. The van der Waals surface area contributed by atoms with E-state index in [-0.39, 0.29) is 11.9 Å². The molecule has 0 aliphatic carbocycles. The van der Waals surface area contributed by atoms with Gasteiger partial charge in [-0.1, -0.05) is 59.7 Å². The Kier molecular flexibility index (Phi) is 6.26. The van der Waals surface area contributed by atoms with Gasteiger partial charge in [-0.05, 0) is 50.6 Å². The lowest BCUT2D eigenvalue weighted by Gasteiger charge is -2.15. The summed E-state index contributed by atoms with van der Waals surface area (Å²) in [7, 11) is 0. The number of aryl methyl sites for hydroxylation is 2. The molecular weight excluding hydrogens is 396 g/mol. The van der Waals surface area contributed by atoms with E-state index in [1.54, 1.807) is 12.4 Å². The Morgan fingerprint density at radius 1 is 0.844 bits per heavy atom. The second-order valence-corrected chi connectivity index (χ2v) is 7.97. The number of hydrogen-bond acceptors (Lipinski definition) is 4. The monoisotopic (exact) mass is 422 g/mol. The molecule has 32 heavy (non-hydrogen) atoms. The molecular formula is C27H26N4O. The Labute approximate surface area is 188 Å². The van der Waals surface area contributed by atoms with Crippen LogP contribution in [0.15, 0.2) is 85.2 Å².